The Hall–Kier alpha value is -7.36. The summed E-state index contributed by atoms with van der Waals surface area (Å²) < 4.78 is 29.4. The van der Waals surface area contributed by atoms with E-state index >= 15 is 0 Å². The van der Waals surface area contributed by atoms with E-state index < -0.39 is 53.7 Å². The van der Waals surface area contributed by atoms with Crippen LogP contribution in [-0.4, -0.2) is 103 Å². The summed E-state index contributed by atoms with van der Waals surface area (Å²) in [7, 11) is 3.17. The molecule has 4 aromatic rings. The highest BCUT2D eigenvalue weighted by atomic mass is 16.5. The normalized spacial score (nSPS) is 16.9. The predicted octanol–water partition coefficient (Wildman–Crippen LogP) is 10.3. The van der Waals surface area contributed by atoms with Crippen molar-refractivity contribution >= 4 is 47.1 Å². The number of ether oxygens (including phenoxy) is 5. The lowest BCUT2D eigenvalue weighted by molar-refractivity contribution is -0.162. The molecular formula is C63H77N3O13. The maximum atomic E-state index is 14.5. The van der Waals surface area contributed by atoms with Gasteiger partial charge in [0.1, 0.15) is 42.9 Å². The Labute approximate surface area is 464 Å². The second-order valence-corrected chi connectivity index (χ2v) is 21.1. The molecular weight excluding hydrogens is 1010 g/mol. The molecule has 79 heavy (non-hydrogen) atoms. The largest absolute Gasteiger partial charge is 0.493 e. The fourth-order valence-corrected chi connectivity index (χ4v) is 10.9. The van der Waals surface area contributed by atoms with Crippen molar-refractivity contribution in [3.05, 3.63) is 117 Å². The number of ketones is 2. The number of nitrogens with zero attached hydrogens (tertiary/aromatic N) is 2. The number of likely N-dealkylation sites (tertiary alicyclic amines) is 1. The number of methoxy groups -OCH3 is 2. The van der Waals surface area contributed by atoms with Crippen LogP contribution in [0.3, 0.4) is 0 Å². The average molecular weight is 1080 g/mol. The van der Waals surface area contributed by atoms with Gasteiger partial charge in [-0.05, 0) is 142 Å². The highest BCUT2D eigenvalue weighted by molar-refractivity contribution is 6.24. The molecule has 3 heterocycles. The molecule has 0 radical (unpaired) electrons. The second-order valence-electron chi connectivity index (χ2n) is 21.1. The lowest BCUT2D eigenvalue weighted by atomic mass is 9.91. The Balaban J connectivity index is 0.834. The number of hydrogen-bond donors (Lipinski definition) is 1. The summed E-state index contributed by atoms with van der Waals surface area (Å²) in [6.07, 6.45) is 11.1. The summed E-state index contributed by atoms with van der Waals surface area (Å²) in [6, 6.07) is 20.3. The molecule has 0 saturated carbocycles. The molecule has 0 spiro atoms. The van der Waals surface area contributed by atoms with Gasteiger partial charge in [0.2, 0.25) is 17.7 Å². The van der Waals surface area contributed by atoms with Crippen molar-refractivity contribution < 1.29 is 62.0 Å². The third kappa shape index (κ3) is 15.3. The number of unbranched alkanes of at least 4 members (excludes halogenated alkanes) is 7. The van der Waals surface area contributed by atoms with E-state index in [1.165, 1.54) is 23.3 Å². The number of nitrogens with one attached hydrogen (secondary N) is 1. The van der Waals surface area contributed by atoms with E-state index in [1.54, 1.807) is 31.3 Å². The molecule has 5 amide bonds. The Bertz CT molecular complexity index is 2880. The molecule has 2 saturated heterocycles. The highest BCUT2D eigenvalue weighted by Gasteiger charge is 2.46. The summed E-state index contributed by atoms with van der Waals surface area (Å²) in [5.74, 6) is -1.88. The molecule has 16 nitrogen and oxygen atoms in total. The maximum absolute atomic E-state index is 14.5. The van der Waals surface area contributed by atoms with Gasteiger partial charge in [0.05, 0.1) is 31.3 Å². The first-order chi connectivity index (χ1) is 38.1. The first-order valence-corrected chi connectivity index (χ1v) is 28.1. The molecule has 0 bridgehead atoms. The average Bonchev–Trinajstić information content (AvgIpc) is 3.89. The van der Waals surface area contributed by atoms with Gasteiger partial charge < -0.3 is 28.6 Å². The minimum atomic E-state index is -1.09. The number of piperidine rings is 2. The van der Waals surface area contributed by atoms with Crippen molar-refractivity contribution in [3.63, 3.8) is 0 Å². The minimum Gasteiger partial charge on any atom is -0.493 e. The molecule has 3 aliphatic rings. The smallest absolute Gasteiger partial charge is 0.329 e. The van der Waals surface area contributed by atoms with Crippen LogP contribution in [0.15, 0.2) is 72.8 Å². The quantitative estimate of drug-likeness (QED) is 0.0306. The van der Waals surface area contributed by atoms with E-state index in [4.69, 9.17) is 23.7 Å². The number of aryl methyl sites for hydroxylation is 4. The van der Waals surface area contributed by atoms with Crippen LogP contribution in [0.25, 0.3) is 0 Å². The molecule has 16 heteroatoms. The first-order valence-electron chi connectivity index (χ1n) is 28.1. The van der Waals surface area contributed by atoms with E-state index in [0.29, 0.717) is 68.7 Å². The van der Waals surface area contributed by atoms with Crippen LogP contribution in [0.1, 0.15) is 182 Å². The van der Waals surface area contributed by atoms with Gasteiger partial charge >= 0.3 is 5.97 Å². The summed E-state index contributed by atoms with van der Waals surface area (Å²) in [5, 5.41) is 2.18. The van der Waals surface area contributed by atoms with Crippen LogP contribution in [0.4, 0.5) is 0 Å². The maximum Gasteiger partial charge on any atom is 0.329 e. The van der Waals surface area contributed by atoms with Gasteiger partial charge in [-0.25, -0.2) is 4.79 Å². The molecule has 4 aromatic carbocycles. The van der Waals surface area contributed by atoms with Gasteiger partial charge in [-0.3, -0.25) is 43.8 Å². The van der Waals surface area contributed by atoms with Crippen molar-refractivity contribution in [2.45, 2.75) is 167 Å². The Morgan fingerprint density at radius 1 is 0.684 bits per heavy atom. The number of carbonyl (C=O) groups is 8. The van der Waals surface area contributed by atoms with Crippen molar-refractivity contribution in [3.8, 4) is 23.0 Å². The zero-order valence-electron chi connectivity index (χ0n) is 46.8. The first kappa shape index (κ1) is 59.3. The zero-order chi connectivity index (χ0) is 56.6. The number of amides is 5. The molecule has 4 atom stereocenters. The number of benzene rings is 4. The van der Waals surface area contributed by atoms with Crippen LogP contribution in [0.2, 0.25) is 0 Å². The molecule has 2 fully saturated rings. The summed E-state index contributed by atoms with van der Waals surface area (Å²) in [4.78, 5) is 108. The van der Waals surface area contributed by atoms with E-state index in [9.17, 15) is 38.4 Å². The van der Waals surface area contributed by atoms with Gasteiger partial charge in [-0.15, -0.1) is 0 Å². The van der Waals surface area contributed by atoms with Gasteiger partial charge in [-0.2, -0.15) is 0 Å². The molecule has 1 N–H and O–H groups in total. The second kappa shape index (κ2) is 28.5. The number of carbonyl (C=O) groups excluding carboxylic acids is 8. The Kier molecular flexibility index (Phi) is 21.4. The summed E-state index contributed by atoms with van der Waals surface area (Å²) >= 11 is 0. The number of fused-ring (bicyclic) bond motifs is 1. The van der Waals surface area contributed by atoms with E-state index in [1.807, 2.05) is 44.2 Å². The standard InChI is InChI=1S/C63H77N3O13/c1-7-49(45-35-42(4)58(76-6)55(37-45)75-5)60(71)65-33-17-16-25-52(65)63(74)79-53(31-29-43-28-27-40(2)41(3)34-43)44-20-18-23-48(36-44)77-38-46(67)21-14-12-10-8-9-11-13-15-22-47(68)39-78-54-26-19-24-50-57(54)62(73)66(61(50)72)51-30-32-56(69)64-59(51)70/h18-20,23-24,26-28,34-37,49,51-53H,7-17,21-22,25,29-33,38-39H2,1-6H3,(H,64,69,70)/t49-,51?,52-,53+/m0/s1. The monoisotopic (exact) mass is 1080 g/mol. The van der Waals surface area contributed by atoms with E-state index in [2.05, 4.69) is 37.4 Å². The molecule has 3 aliphatic heterocycles. The predicted molar refractivity (Wildman–Crippen MR) is 296 cm³/mol. The highest BCUT2D eigenvalue weighted by Crippen LogP contribution is 2.38. The van der Waals surface area contributed by atoms with Crippen molar-refractivity contribution in [1.82, 2.24) is 15.1 Å². The fraction of sp³-hybridized carbons (Fsp3) is 0.492. The molecule has 0 aromatic heterocycles. The third-order valence-electron chi connectivity index (χ3n) is 15.5. The molecule has 422 valence electrons. The van der Waals surface area contributed by atoms with E-state index in [0.717, 1.165) is 84.9 Å². The zero-order valence-corrected chi connectivity index (χ0v) is 46.8. The fourth-order valence-electron chi connectivity index (χ4n) is 10.9. The van der Waals surface area contributed by atoms with Crippen molar-refractivity contribution in [2.24, 2.45) is 0 Å². The number of esters is 1. The lowest BCUT2D eigenvalue weighted by Gasteiger charge is -2.37. The third-order valence-corrected chi connectivity index (χ3v) is 15.5. The van der Waals surface area contributed by atoms with Crippen molar-refractivity contribution in [1.29, 1.82) is 0 Å². The van der Waals surface area contributed by atoms with Crippen LogP contribution in [-0.2, 0) is 39.9 Å². The Morgan fingerprint density at radius 3 is 2.05 bits per heavy atom. The summed E-state index contributed by atoms with van der Waals surface area (Å²) in [5.41, 5.74) is 6.02. The topological polar surface area (TPSA) is 201 Å². The molecule has 0 aliphatic carbocycles. The van der Waals surface area contributed by atoms with E-state index in [-0.39, 0.29) is 60.4 Å². The van der Waals surface area contributed by atoms with Crippen molar-refractivity contribution in [2.75, 3.05) is 34.0 Å². The molecule has 1 unspecified atom stereocenters. The van der Waals surface area contributed by atoms with Crippen LogP contribution < -0.4 is 24.3 Å². The number of rotatable bonds is 29. The van der Waals surface area contributed by atoms with Gasteiger partial charge in [0.15, 0.2) is 23.1 Å². The van der Waals surface area contributed by atoms with Crippen LogP contribution in [0.5, 0.6) is 23.0 Å². The summed E-state index contributed by atoms with van der Waals surface area (Å²) in [6.45, 7) is 8.17. The number of Topliss-reactive ketones (excluding diaryl/α,β-unsaturated/α-hetero) is 2. The Morgan fingerprint density at radius 2 is 1.38 bits per heavy atom. The van der Waals surface area contributed by atoms with Gasteiger partial charge in [0.25, 0.3) is 11.8 Å². The SMILES string of the molecule is CC[C@H](C(=O)N1CCCC[C@H]1C(=O)O[C@H](CCc1ccc(C)c(C)c1)c1cccc(OCC(=O)CCCCCCCCCCC(=O)COc2cccc3c2C(=O)N(C2CCC(=O)NC2=O)C3=O)c1)c1cc(C)c(OC)c(OC)c1. The number of imide groups is 2. The minimum absolute atomic E-state index is 0.00149. The molecule has 7 rings (SSSR count). The van der Waals surface area contributed by atoms with Gasteiger partial charge in [-0.1, -0.05) is 87.9 Å². The van der Waals surface area contributed by atoms with Gasteiger partial charge in [0, 0.05) is 25.8 Å². The lowest BCUT2D eigenvalue weighted by Crippen LogP contribution is -2.54. The number of hydrogen-bond acceptors (Lipinski definition) is 13. The van der Waals surface area contributed by atoms with Crippen LogP contribution in [0, 0.1) is 20.8 Å². The van der Waals surface area contributed by atoms with Crippen LogP contribution >= 0.6 is 0 Å².